The van der Waals surface area contributed by atoms with E-state index in [1.54, 1.807) is 28.2 Å². The Hall–Kier alpha value is -2.55. The van der Waals surface area contributed by atoms with Crippen molar-refractivity contribution in [1.82, 2.24) is 24.4 Å². The summed E-state index contributed by atoms with van der Waals surface area (Å²) in [5.74, 6) is 0.317. The summed E-state index contributed by atoms with van der Waals surface area (Å²) in [6.45, 7) is 7.91. The van der Waals surface area contributed by atoms with Crippen LogP contribution in [0, 0.1) is 12.8 Å². The molecule has 8 nitrogen and oxygen atoms in total. The predicted molar refractivity (Wildman–Crippen MR) is 104 cm³/mol. The maximum atomic E-state index is 12.8. The molecule has 1 fully saturated rings. The van der Waals surface area contributed by atoms with Gasteiger partial charge in [-0.25, -0.2) is 19.7 Å². The zero-order valence-corrected chi connectivity index (χ0v) is 16.7. The van der Waals surface area contributed by atoms with Gasteiger partial charge in [-0.15, -0.1) is 0 Å². The van der Waals surface area contributed by atoms with Gasteiger partial charge in [0.05, 0.1) is 16.7 Å². The van der Waals surface area contributed by atoms with Crippen LogP contribution in [-0.2, 0) is 4.74 Å². The van der Waals surface area contributed by atoms with Crippen LogP contribution in [0.3, 0.4) is 0 Å². The molecule has 0 aromatic carbocycles. The Labute approximate surface area is 163 Å². The lowest BCUT2D eigenvalue weighted by Crippen LogP contribution is -2.39. The molecule has 144 valence electrons. The van der Waals surface area contributed by atoms with Crippen molar-refractivity contribution in [2.75, 3.05) is 6.54 Å². The van der Waals surface area contributed by atoms with Gasteiger partial charge < -0.3 is 10.5 Å². The molecule has 1 amide bonds. The zero-order chi connectivity index (χ0) is 19.8. The smallest absolute Gasteiger partial charge is 0.410 e. The van der Waals surface area contributed by atoms with E-state index in [2.05, 4.69) is 15.0 Å². The zero-order valence-electron chi connectivity index (χ0n) is 15.9. The number of nitrogens with zero attached hydrogens (tertiary/aromatic N) is 5. The van der Waals surface area contributed by atoms with Crippen molar-refractivity contribution in [2.24, 2.45) is 11.7 Å². The SMILES string of the molecule is Cc1cc(C2C(C(N)=S)CCN2C(=O)OC(C)(C)C)nc(-n2ccnc2)n1. The number of ether oxygens (including phenoxy) is 1. The minimum absolute atomic E-state index is 0.169. The topological polar surface area (TPSA) is 99.2 Å². The molecule has 0 spiro atoms. The number of amides is 1. The molecule has 2 atom stereocenters. The number of imidazole rings is 1. The lowest BCUT2D eigenvalue weighted by molar-refractivity contribution is 0.0212. The molecule has 27 heavy (non-hydrogen) atoms. The van der Waals surface area contributed by atoms with E-state index in [1.165, 1.54) is 0 Å². The van der Waals surface area contributed by atoms with Gasteiger partial charge in [0, 0.05) is 30.6 Å². The number of nitrogens with two attached hydrogens (primary N) is 1. The average Bonchev–Trinajstić information content (AvgIpc) is 3.22. The van der Waals surface area contributed by atoms with Gasteiger partial charge in [-0.2, -0.15) is 0 Å². The second-order valence-corrected chi connectivity index (χ2v) is 8.09. The second kappa shape index (κ2) is 7.22. The third-order valence-corrected chi connectivity index (χ3v) is 4.59. The predicted octanol–water partition coefficient (Wildman–Crippen LogP) is 2.55. The van der Waals surface area contributed by atoms with Gasteiger partial charge in [0.2, 0.25) is 5.95 Å². The number of thiocarbonyl (C=S) groups is 1. The molecule has 0 saturated carbocycles. The summed E-state index contributed by atoms with van der Waals surface area (Å²) in [7, 11) is 0. The van der Waals surface area contributed by atoms with E-state index in [0.29, 0.717) is 29.6 Å². The standard InChI is InChI=1S/C18H24N6O2S/c1-11-9-13(22-16(21-11)23-8-6-20-10-23)14-12(15(19)27)5-7-24(14)17(25)26-18(2,3)4/h6,8-10,12,14H,5,7H2,1-4H3,(H2,19,27). The first kappa shape index (κ1) is 19.2. The average molecular weight is 388 g/mol. The lowest BCUT2D eigenvalue weighted by atomic mass is 9.97. The first-order chi connectivity index (χ1) is 12.7. The van der Waals surface area contributed by atoms with E-state index in [9.17, 15) is 4.79 Å². The molecule has 2 unspecified atom stereocenters. The van der Waals surface area contributed by atoms with Gasteiger partial charge in [0.25, 0.3) is 0 Å². The highest BCUT2D eigenvalue weighted by molar-refractivity contribution is 7.80. The van der Waals surface area contributed by atoms with Crippen LogP contribution in [0.5, 0.6) is 0 Å². The Morgan fingerprint density at radius 3 is 2.70 bits per heavy atom. The van der Waals surface area contributed by atoms with E-state index in [1.807, 2.05) is 33.8 Å². The molecule has 1 aliphatic rings. The highest BCUT2D eigenvalue weighted by atomic mass is 32.1. The van der Waals surface area contributed by atoms with Gasteiger partial charge >= 0.3 is 6.09 Å². The Bertz CT molecular complexity index is 846. The molecule has 0 bridgehead atoms. The molecule has 3 rings (SSSR count). The summed E-state index contributed by atoms with van der Waals surface area (Å²) in [6, 6.07) is 1.47. The normalized spacial score (nSPS) is 19.9. The maximum absolute atomic E-state index is 12.8. The summed E-state index contributed by atoms with van der Waals surface area (Å²) < 4.78 is 7.30. The number of hydrogen-bond acceptors (Lipinski definition) is 6. The fourth-order valence-electron chi connectivity index (χ4n) is 3.20. The van der Waals surface area contributed by atoms with Gasteiger partial charge in [-0.05, 0) is 40.2 Å². The van der Waals surface area contributed by atoms with Crippen LogP contribution in [0.25, 0.3) is 5.95 Å². The molecular weight excluding hydrogens is 364 g/mol. The molecule has 2 N–H and O–H groups in total. The summed E-state index contributed by atoms with van der Waals surface area (Å²) in [5.41, 5.74) is 6.86. The van der Waals surface area contributed by atoms with Crippen molar-refractivity contribution in [3.63, 3.8) is 0 Å². The van der Waals surface area contributed by atoms with Crippen molar-refractivity contribution in [3.8, 4) is 5.95 Å². The van der Waals surface area contributed by atoms with Crippen molar-refractivity contribution in [2.45, 2.75) is 45.8 Å². The van der Waals surface area contributed by atoms with E-state index in [4.69, 9.17) is 22.7 Å². The van der Waals surface area contributed by atoms with E-state index < -0.39 is 11.7 Å². The van der Waals surface area contributed by atoms with Crippen molar-refractivity contribution in [1.29, 1.82) is 0 Å². The first-order valence-electron chi connectivity index (χ1n) is 8.78. The molecule has 0 aliphatic carbocycles. The monoisotopic (exact) mass is 388 g/mol. The van der Waals surface area contributed by atoms with Gasteiger partial charge in [-0.1, -0.05) is 12.2 Å². The Balaban J connectivity index is 2.01. The molecule has 2 aromatic heterocycles. The highest BCUT2D eigenvalue weighted by Crippen LogP contribution is 2.38. The minimum atomic E-state index is -0.591. The minimum Gasteiger partial charge on any atom is -0.444 e. The van der Waals surface area contributed by atoms with Crippen LogP contribution < -0.4 is 5.73 Å². The van der Waals surface area contributed by atoms with Crippen LogP contribution in [0.1, 0.15) is 44.6 Å². The molecule has 1 aliphatic heterocycles. The van der Waals surface area contributed by atoms with Crippen LogP contribution in [0.2, 0.25) is 0 Å². The van der Waals surface area contributed by atoms with Crippen LogP contribution in [-0.4, -0.2) is 47.6 Å². The van der Waals surface area contributed by atoms with Crippen LogP contribution in [0.4, 0.5) is 4.79 Å². The van der Waals surface area contributed by atoms with Gasteiger partial charge in [-0.3, -0.25) is 9.47 Å². The fourth-order valence-corrected chi connectivity index (χ4v) is 3.45. The number of carbonyl (C=O) groups is 1. The van der Waals surface area contributed by atoms with E-state index in [0.717, 1.165) is 5.69 Å². The number of likely N-dealkylation sites (tertiary alicyclic amines) is 1. The summed E-state index contributed by atoms with van der Waals surface area (Å²) >= 11 is 5.27. The summed E-state index contributed by atoms with van der Waals surface area (Å²) in [5, 5.41) is 0. The molecule has 9 heteroatoms. The van der Waals surface area contributed by atoms with E-state index >= 15 is 0 Å². The van der Waals surface area contributed by atoms with Crippen molar-refractivity contribution >= 4 is 23.3 Å². The first-order valence-corrected chi connectivity index (χ1v) is 9.19. The van der Waals surface area contributed by atoms with E-state index in [-0.39, 0.29) is 12.0 Å². The Morgan fingerprint density at radius 2 is 2.11 bits per heavy atom. The number of aryl methyl sites for hydroxylation is 1. The quantitative estimate of drug-likeness (QED) is 0.807. The third kappa shape index (κ3) is 4.24. The highest BCUT2D eigenvalue weighted by Gasteiger charge is 2.42. The van der Waals surface area contributed by atoms with Crippen molar-refractivity contribution < 1.29 is 9.53 Å². The number of hydrogen-bond donors (Lipinski definition) is 1. The van der Waals surface area contributed by atoms with Crippen LogP contribution in [0.15, 0.2) is 24.8 Å². The molecule has 2 aromatic rings. The number of rotatable bonds is 3. The lowest BCUT2D eigenvalue weighted by Gasteiger charge is -2.30. The summed E-state index contributed by atoms with van der Waals surface area (Å²) in [4.78, 5) is 28.0. The third-order valence-electron chi connectivity index (χ3n) is 4.29. The Kier molecular flexibility index (Phi) is 5.14. The fraction of sp³-hybridized carbons (Fsp3) is 0.500. The molecule has 3 heterocycles. The maximum Gasteiger partial charge on any atom is 0.410 e. The number of carbonyl (C=O) groups excluding carboxylic acids is 1. The van der Waals surface area contributed by atoms with Gasteiger partial charge in [0.15, 0.2) is 0 Å². The summed E-state index contributed by atoms with van der Waals surface area (Å²) in [6.07, 6.45) is 5.33. The van der Waals surface area contributed by atoms with Crippen LogP contribution >= 0.6 is 12.2 Å². The number of aromatic nitrogens is 4. The molecule has 0 radical (unpaired) electrons. The molecule has 1 saturated heterocycles. The second-order valence-electron chi connectivity index (χ2n) is 7.62. The van der Waals surface area contributed by atoms with Crippen molar-refractivity contribution in [3.05, 3.63) is 36.2 Å². The van der Waals surface area contributed by atoms with Gasteiger partial charge in [0.1, 0.15) is 11.9 Å². The largest absolute Gasteiger partial charge is 0.444 e. The molecular formula is C18H24N6O2S. The Morgan fingerprint density at radius 1 is 1.37 bits per heavy atom.